The second kappa shape index (κ2) is 4.84. The molecule has 5 nitrogen and oxygen atoms in total. The molecule has 0 saturated carbocycles. The summed E-state index contributed by atoms with van der Waals surface area (Å²) < 4.78 is 11.2. The number of benzene rings is 1. The Kier molecular flexibility index (Phi) is 3.20. The molecule has 1 aromatic carbocycles. The molecule has 1 aromatic rings. The Bertz CT molecular complexity index is 455. The minimum atomic E-state index is -0.561. The highest BCUT2D eigenvalue weighted by Gasteiger charge is 2.27. The van der Waals surface area contributed by atoms with Crippen LogP contribution in [0.1, 0.15) is 0 Å². The molecule has 0 spiro atoms. The number of nitrogens with zero attached hydrogens (tertiary/aromatic N) is 1. The number of anilines is 1. The van der Waals surface area contributed by atoms with Crippen molar-refractivity contribution in [2.45, 2.75) is 6.23 Å². The summed E-state index contributed by atoms with van der Waals surface area (Å²) in [5, 5.41) is 13.7. The van der Waals surface area contributed by atoms with Crippen LogP contribution < -0.4 is 19.7 Å². The van der Waals surface area contributed by atoms with Gasteiger partial charge in [-0.15, -0.1) is 0 Å². The van der Waals surface area contributed by atoms with Crippen LogP contribution in [0, 0.1) is 0 Å². The van der Waals surface area contributed by atoms with Crippen molar-refractivity contribution in [2.24, 2.45) is 0 Å². The zero-order valence-corrected chi connectivity index (χ0v) is 10.6. The van der Waals surface area contributed by atoms with Gasteiger partial charge in [-0.1, -0.05) is 11.6 Å². The van der Waals surface area contributed by atoms with Gasteiger partial charge in [0.05, 0.1) is 10.7 Å². The van der Waals surface area contributed by atoms with Crippen molar-refractivity contribution >= 4 is 17.3 Å². The number of piperazine rings is 1. The Morgan fingerprint density at radius 3 is 2.83 bits per heavy atom. The van der Waals surface area contributed by atoms with Crippen molar-refractivity contribution < 1.29 is 14.6 Å². The summed E-state index contributed by atoms with van der Waals surface area (Å²) in [4.78, 5) is 1.90. The monoisotopic (exact) mass is 270 g/mol. The first-order valence-electron chi connectivity index (χ1n) is 6.01. The summed E-state index contributed by atoms with van der Waals surface area (Å²) in [5.74, 6) is 1.21. The fourth-order valence-corrected chi connectivity index (χ4v) is 2.49. The zero-order chi connectivity index (χ0) is 12.5. The smallest absolute Gasteiger partial charge is 0.186 e. The molecule has 2 heterocycles. The average molecular weight is 271 g/mol. The van der Waals surface area contributed by atoms with E-state index < -0.39 is 6.23 Å². The molecule has 2 aliphatic rings. The van der Waals surface area contributed by atoms with Gasteiger partial charge in [0.1, 0.15) is 19.4 Å². The lowest BCUT2D eigenvalue weighted by atomic mass is 10.2. The number of halogens is 1. The van der Waals surface area contributed by atoms with E-state index in [9.17, 15) is 5.11 Å². The summed E-state index contributed by atoms with van der Waals surface area (Å²) in [6, 6.07) is 3.64. The van der Waals surface area contributed by atoms with E-state index in [1.165, 1.54) is 0 Å². The van der Waals surface area contributed by atoms with Gasteiger partial charge in [0.15, 0.2) is 11.5 Å². The topological polar surface area (TPSA) is 54.0 Å². The van der Waals surface area contributed by atoms with Gasteiger partial charge in [0, 0.05) is 19.6 Å². The second-order valence-electron chi connectivity index (χ2n) is 4.30. The molecule has 1 fully saturated rings. The number of nitrogens with one attached hydrogen (secondary N) is 1. The van der Waals surface area contributed by atoms with Crippen molar-refractivity contribution in [3.8, 4) is 11.5 Å². The normalized spacial score (nSPS) is 23.0. The van der Waals surface area contributed by atoms with Crippen molar-refractivity contribution in [3.05, 3.63) is 17.2 Å². The van der Waals surface area contributed by atoms with E-state index >= 15 is 0 Å². The lowest BCUT2D eigenvalue weighted by Gasteiger charge is -2.36. The number of hydrogen-bond acceptors (Lipinski definition) is 5. The van der Waals surface area contributed by atoms with Gasteiger partial charge in [-0.25, -0.2) is 0 Å². The Morgan fingerprint density at radius 1 is 1.28 bits per heavy atom. The predicted molar refractivity (Wildman–Crippen MR) is 68.7 cm³/mol. The molecular formula is C12H15ClN2O3. The Hall–Kier alpha value is -1.17. The Labute approximate surface area is 110 Å². The van der Waals surface area contributed by atoms with Crippen LogP contribution in [-0.4, -0.2) is 44.2 Å². The molecule has 6 heteroatoms. The van der Waals surface area contributed by atoms with E-state index in [4.69, 9.17) is 21.1 Å². The fourth-order valence-electron chi connectivity index (χ4n) is 2.29. The van der Waals surface area contributed by atoms with Crippen LogP contribution in [0.3, 0.4) is 0 Å². The Morgan fingerprint density at radius 2 is 2.06 bits per heavy atom. The van der Waals surface area contributed by atoms with Crippen molar-refractivity contribution in [3.63, 3.8) is 0 Å². The standard InChI is InChI=1S/C12H15ClN2O3/c13-8-1-2-9(12-11(8)17-5-6-18-12)15-4-3-14-7-10(15)16/h1-2,10,14,16H,3-7H2. The van der Waals surface area contributed by atoms with Crippen LogP contribution in [-0.2, 0) is 0 Å². The van der Waals surface area contributed by atoms with Crippen LogP contribution in [0.4, 0.5) is 5.69 Å². The second-order valence-corrected chi connectivity index (χ2v) is 4.71. The van der Waals surface area contributed by atoms with Gasteiger partial charge in [-0.3, -0.25) is 0 Å². The van der Waals surface area contributed by atoms with E-state index in [1.54, 1.807) is 6.07 Å². The third-order valence-corrected chi connectivity index (χ3v) is 3.44. The molecule has 2 N–H and O–H groups in total. The quantitative estimate of drug-likeness (QED) is 0.792. The number of hydrogen-bond donors (Lipinski definition) is 2. The summed E-state index contributed by atoms with van der Waals surface area (Å²) >= 11 is 6.09. The highest BCUT2D eigenvalue weighted by Crippen LogP contribution is 2.44. The maximum atomic E-state index is 10.0. The van der Waals surface area contributed by atoms with E-state index in [0.717, 1.165) is 18.8 Å². The summed E-state index contributed by atoms with van der Waals surface area (Å²) in [7, 11) is 0. The number of β-amino-alcohol motifs (C(OH)–C–C–N with tert-alkyl or cyclic N) is 1. The van der Waals surface area contributed by atoms with Crippen molar-refractivity contribution in [1.82, 2.24) is 5.32 Å². The molecule has 1 saturated heterocycles. The largest absolute Gasteiger partial charge is 0.484 e. The molecule has 0 bridgehead atoms. The SMILES string of the molecule is OC1CNCCN1c1ccc(Cl)c2c1OCCO2. The van der Waals surface area contributed by atoms with Gasteiger partial charge >= 0.3 is 0 Å². The first-order valence-corrected chi connectivity index (χ1v) is 6.38. The molecule has 0 aliphatic carbocycles. The van der Waals surface area contributed by atoms with Gasteiger partial charge < -0.3 is 24.8 Å². The number of aliphatic hydroxyl groups excluding tert-OH is 1. The molecule has 3 rings (SSSR count). The van der Waals surface area contributed by atoms with Crippen LogP contribution in [0.5, 0.6) is 11.5 Å². The van der Waals surface area contributed by atoms with Crippen LogP contribution in [0.25, 0.3) is 0 Å². The minimum Gasteiger partial charge on any atom is -0.484 e. The van der Waals surface area contributed by atoms with E-state index in [-0.39, 0.29) is 0 Å². The van der Waals surface area contributed by atoms with E-state index in [2.05, 4.69) is 5.32 Å². The molecule has 0 aromatic heterocycles. The maximum Gasteiger partial charge on any atom is 0.186 e. The molecule has 1 atom stereocenters. The molecule has 0 radical (unpaired) electrons. The molecule has 18 heavy (non-hydrogen) atoms. The number of ether oxygens (including phenoxy) is 2. The van der Waals surface area contributed by atoms with Gasteiger partial charge in [0.25, 0.3) is 0 Å². The maximum absolute atomic E-state index is 10.0. The number of aliphatic hydroxyl groups is 1. The van der Waals surface area contributed by atoms with Gasteiger partial charge in [-0.2, -0.15) is 0 Å². The van der Waals surface area contributed by atoms with E-state index in [1.807, 2.05) is 11.0 Å². The lowest BCUT2D eigenvalue weighted by Crippen LogP contribution is -2.51. The molecule has 2 aliphatic heterocycles. The van der Waals surface area contributed by atoms with Crippen LogP contribution in [0.2, 0.25) is 5.02 Å². The van der Waals surface area contributed by atoms with Crippen molar-refractivity contribution in [1.29, 1.82) is 0 Å². The van der Waals surface area contributed by atoms with Crippen LogP contribution in [0.15, 0.2) is 12.1 Å². The van der Waals surface area contributed by atoms with Gasteiger partial charge in [-0.05, 0) is 12.1 Å². The molecular weight excluding hydrogens is 256 g/mol. The lowest BCUT2D eigenvalue weighted by molar-refractivity contribution is 0.146. The third kappa shape index (κ3) is 1.98. The zero-order valence-electron chi connectivity index (χ0n) is 9.86. The van der Waals surface area contributed by atoms with Crippen LogP contribution >= 0.6 is 11.6 Å². The molecule has 0 amide bonds. The highest BCUT2D eigenvalue weighted by molar-refractivity contribution is 6.32. The number of fused-ring (bicyclic) bond motifs is 1. The predicted octanol–water partition coefficient (Wildman–Crippen LogP) is 0.839. The summed E-state index contributed by atoms with van der Waals surface area (Å²) in [6.45, 7) is 3.09. The first-order chi connectivity index (χ1) is 8.77. The minimum absolute atomic E-state index is 0.500. The average Bonchev–Trinajstić information content (AvgIpc) is 2.41. The Balaban J connectivity index is 2.01. The fraction of sp³-hybridized carbons (Fsp3) is 0.500. The summed E-state index contributed by atoms with van der Waals surface area (Å²) in [6.07, 6.45) is -0.561. The molecule has 98 valence electrons. The molecule has 1 unspecified atom stereocenters. The summed E-state index contributed by atoms with van der Waals surface area (Å²) in [5.41, 5.74) is 0.836. The first kappa shape index (κ1) is 11.9. The third-order valence-electron chi connectivity index (χ3n) is 3.15. The van der Waals surface area contributed by atoms with Gasteiger partial charge in [0.2, 0.25) is 0 Å². The van der Waals surface area contributed by atoms with Crippen molar-refractivity contribution in [2.75, 3.05) is 37.7 Å². The highest BCUT2D eigenvalue weighted by atomic mass is 35.5. The van der Waals surface area contributed by atoms with E-state index in [0.29, 0.717) is 36.3 Å². The number of rotatable bonds is 1.